The van der Waals surface area contributed by atoms with Crippen LogP contribution >= 0.6 is 24.0 Å². The standard InChI is InChI=1S/C21H31F3N4O2.HI/c1-5-7-16-10-15(11-18(29-3)19(16)30-4)12-26-20(25-6-2)27-17-8-9-28(13-17)14-21(22,23)24;/h5,10-11,17H,1,6-9,12-14H2,2-4H3,(H2,25,26,27);1H. The van der Waals surface area contributed by atoms with Gasteiger partial charge < -0.3 is 20.1 Å². The van der Waals surface area contributed by atoms with E-state index in [4.69, 9.17) is 9.47 Å². The fourth-order valence-electron chi connectivity index (χ4n) is 3.54. The van der Waals surface area contributed by atoms with Gasteiger partial charge >= 0.3 is 6.18 Å². The van der Waals surface area contributed by atoms with Gasteiger partial charge in [0, 0.05) is 31.2 Å². The van der Waals surface area contributed by atoms with Gasteiger partial charge in [-0.3, -0.25) is 4.90 Å². The summed E-state index contributed by atoms with van der Waals surface area (Å²) in [7, 11) is 3.18. The Bertz CT molecular complexity index is 744. The van der Waals surface area contributed by atoms with Crippen LogP contribution in [-0.4, -0.2) is 63.5 Å². The summed E-state index contributed by atoms with van der Waals surface area (Å²) in [6.45, 7) is 6.64. The molecule has 0 bridgehead atoms. The van der Waals surface area contributed by atoms with Crippen molar-refractivity contribution in [1.82, 2.24) is 15.5 Å². The summed E-state index contributed by atoms with van der Waals surface area (Å²) in [4.78, 5) is 6.02. The molecule has 1 fully saturated rings. The highest BCUT2D eigenvalue weighted by molar-refractivity contribution is 14.0. The van der Waals surface area contributed by atoms with Crippen LogP contribution in [0.15, 0.2) is 29.8 Å². The first-order valence-electron chi connectivity index (χ1n) is 9.98. The molecule has 1 aliphatic heterocycles. The van der Waals surface area contributed by atoms with Crippen LogP contribution < -0.4 is 20.1 Å². The summed E-state index contributed by atoms with van der Waals surface area (Å²) in [5.74, 6) is 1.88. The van der Waals surface area contributed by atoms with E-state index in [0.717, 1.165) is 11.1 Å². The van der Waals surface area contributed by atoms with Crippen molar-refractivity contribution in [2.75, 3.05) is 40.4 Å². The second kappa shape index (κ2) is 13.0. The van der Waals surface area contributed by atoms with E-state index in [1.54, 1.807) is 20.3 Å². The fourth-order valence-corrected chi connectivity index (χ4v) is 3.54. The molecule has 0 amide bonds. The number of alkyl halides is 3. The molecule has 10 heteroatoms. The van der Waals surface area contributed by atoms with Gasteiger partial charge in [-0.25, -0.2) is 4.99 Å². The minimum absolute atomic E-state index is 0. The van der Waals surface area contributed by atoms with Crippen molar-refractivity contribution < 1.29 is 22.6 Å². The van der Waals surface area contributed by atoms with Crippen molar-refractivity contribution in [3.05, 3.63) is 35.9 Å². The average Bonchev–Trinajstić information content (AvgIpc) is 3.11. The number of halogens is 4. The number of nitrogens with one attached hydrogen (secondary N) is 2. The molecular formula is C21H32F3IN4O2. The molecule has 176 valence electrons. The molecule has 0 radical (unpaired) electrons. The summed E-state index contributed by atoms with van der Waals surface area (Å²) in [5, 5.41) is 6.41. The first-order valence-corrected chi connectivity index (χ1v) is 9.98. The Balaban J connectivity index is 0.00000480. The van der Waals surface area contributed by atoms with Crippen LogP contribution in [-0.2, 0) is 13.0 Å². The van der Waals surface area contributed by atoms with E-state index >= 15 is 0 Å². The SMILES string of the molecule is C=CCc1cc(CN=C(NCC)NC2CCN(CC(F)(F)F)C2)cc(OC)c1OC.I. The summed E-state index contributed by atoms with van der Waals surface area (Å²) in [6, 6.07) is 3.79. The highest BCUT2D eigenvalue weighted by Crippen LogP contribution is 2.33. The lowest BCUT2D eigenvalue weighted by Gasteiger charge is -2.20. The Kier molecular flexibility index (Phi) is 11.5. The van der Waals surface area contributed by atoms with Crippen LogP contribution in [0.25, 0.3) is 0 Å². The van der Waals surface area contributed by atoms with Crippen molar-refractivity contribution in [2.45, 2.75) is 38.5 Å². The molecule has 31 heavy (non-hydrogen) atoms. The molecule has 0 spiro atoms. The number of likely N-dealkylation sites (tertiary alicyclic amines) is 1. The lowest BCUT2D eigenvalue weighted by Crippen LogP contribution is -2.45. The van der Waals surface area contributed by atoms with Crippen molar-refractivity contribution in [2.24, 2.45) is 4.99 Å². The number of ether oxygens (including phenoxy) is 2. The van der Waals surface area contributed by atoms with E-state index in [2.05, 4.69) is 22.2 Å². The molecule has 1 heterocycles. The lowest BCUT2D eigenvalue weighted by atomic mass is 10.1. The van der Waals surface area contributed by atoms with Crippen molar-refractivity contribution in [1.29, 1.82) is 0 Å². The van der Waals surface area contributed by atoms with Gasteiger partial charge in [0.15, 0.2) is 17.5 Å². The lowest BCUT2D eigenvalue weighted by molar-refractivity contribution is -0.143. The zero-order valence-electron chi connectivity index (χ0n) is 18.2. The van der Waals surface area contributed by atoms with Gasteiger partial charge in [-0.1, -0.05) is 6.08 Å². The molecule has 0 saturated carbocycles. The smallest absolute Gasteiger partial charge is 0.401 e. The number of aliphatic imine (C=N–C) groups is 1. The molecular weight excluding hydrogens is 524 g/mol. The van der Waals surface area contributed by atoms with Gasteiger partial charge in [-0.2, -0.15) is 13.2 Å². The number of methoxy groups -OCH3 is 2. The third-order valence-corrected chi connectivity index (χ3v) is 4.76. The van der Waals surface area contributed by atoms with E-state index in [0.29, 0.717) is 56.5 Å². The number of allylic oxidation sites excluding steroid dienone is 1. The molecule has 1 saturated heterocycles. The zero-order chi connectivity index (χ0) is 22.1. The van der Waals surface area contributed by atoms with Gasteiger partial charge in [-0.15, -0.1) is 30.6 Å². The number of hydrogen-bond donors (Lipinski definition) is 2. The second-order valence-corrected chi connectivity index (χ2v) is 7.16. The molecule has 1 atom stereocenters. The second-order valence-electron chi connectivity index (χ2n) is 7.16. The Labute approximate surface area is 199 Å². The van der Waals surface area contributed by atoms with E-state index in [1.807, 2.05) is 19.1 Å². The highest BCUT2D eigenvalue weighted by Gasteiger charge is 2.34. The monoisotopic (exact) mass is 556 g/mol. The van der Waals surface area contributed by atoms with E-state index < -0.39 is 12.7 Å². The van der Waals surface area contributed by atoms with Crippen LogP contribution in [0.3, 0.4) is 0 Å². The van der Waals surface area contributed by atoms with Gasteiger partial charge in [0.05, 0.1) is 27.3 Å². The molecule has 1 aromatic carbocycles. The number of nitrogens with zero attached hydrogens (tertiary/aromatic N) is 2. The summed E-state index contributed by atoms with van der Waals surface area (Å²) < 4.78 is 48.7. The van der Waals surface area contributed by atoms with E-state index in [1.165, 1.54) is 4.90 Å². The van der Waals surface area contributed by atoms with Crippen LogP contribution in [0.2, 0.25) is 0 Å². The maximum absolute atomic E-state index is 12.6. The minimum atomic E-state index is -4.18. The van der Waals surface area contributed by atoms with Crippen molar-refractivity contribution in [3.63, 3.8) is 0 Å². The highest BCUT2D eigenvalue weighted by atomic mass is 127. The zero-order valence-corrected chi connectivity index (χ0v) is 20.5. The largest absolute Gasteiger partial charge is 0.493 e. The molecule has 0 aromatic heterocycles. The van der Waals surface area contributed by atoms with Gasteiger partial charge in [0.25, 0.3) is 0 Å². The maximum atomic E-state index is 12.6. The van der Waals surface area contributed by atoms with Crippen LogP contribution in [0, 0.1) is 0 Å². The van der Waals surface area contributed by atoms with Gasteiger partial charge in [0.2, 0.25) is 0 Å². The third-order valence-electron chi connectivity index (χ3n) is 4.76. The summed E-state index contributed by atoms with van der Waals surface area (Å²) in [6.07, 6.45) is -1.11. The van der Waals surface area contributed by atoms with E-state index in [-0.39, 0.29) is 30.0 Å². The molecule has 6 nitrogen and oxygen atoms in total. The van der Waals surface area contributed by atoms with Crippen LogP contribution in [0.1, 0.15) is 24.5 Å². The summed E-state index contributed by atoms with van der Waals surface area (Å²) >= 11 is 0. The molecule has 2 rings (SSSR count). The van der Waals surface area contributed by atoms with E-state index in [9.17, 15) is 13.2 Å². The average molecular weight is 556 g/mol. The maximum Gasteiger partial charge on any atom is 0.401 e. The Morgan fingerprint density at radius 3 is 2.65 bits per heavy atom. The van der Waals surface area contributed by atoms with Gasteiger partial charge in [-0.05, 0) is 37.5 Å². The van der Waals surface area contributed by atoms with Crippen molar-refractivity contribution in [3.8, 4) is 11.5 Å². The molecule has 2 N–H and O–H groups in total. The Hall–Kier alpha value is -1.69. The Morgan fingerprint density at radius 2 is 2.06 bits per heavy atom. The first-order chi connectivity index (χ1) is 14.3. The Morgan fingerprint density at radius 1 is 1.32 bits per heavy atom. The molecule has 1 aliphatic rings. The predicted octanol–water partition coefficient (Wildman–Crippen LogP) is 3.74. The summed E-state index contributed by atoms with van der Waals surface area (Å²) in [5.41, 5.74) is 1.89. The van der Waals surface area contributed by atoms with Crippen LogP contribution in [0.5, 0.6) is 11.5 Å². The molecule has 1 unspecified atom stereocenters. The quantitative estimate of drug-likeness (QED) is 0.210. The number of guanidine groups is 1. The normalized spacial score (nSPS) is 17.1. The third kappa shape index (κ3) is 8.76. The number of rotatable bonds is 9. The first kappa shape index (κ1) is 27.3. The fraction of sp³-hybridized carbons (Fsp3) is 0.571. The topological polar surface area (TPSA) is 58.1 Å². The number of hydrogen-bond acceptors (Lipinski definition) is 4. The van der Waals surface area contributed by atoms with Gasteiger partial charge in [0.1, 0.15) is 0 Å². The minimum Gasteiger partial charge on any atom is -0.493 e. The van der Waals surface area contributed by atoms with Crippen LogP contribution in [0.4, 0.5) is 13.2 Å². The van der Waals surface area contributed by atoms with Crippen molar-refractivity contribution >= 4 is 29.9 Å². The number of benzene rings is 1. The molecule has 1 aromatic rings. The molecule has 0 aliphatic carbocycles. The predicted molar refractivity (Wildman–Crippen MR) is 128 cm³/mol.